The molecule has 0 fully saturated rings. The lowest BCUT2D eigenvalue weighted by atomic mass is 10.2. The van der Waals surface area contributed by atoms with E-state index in [0.717, 1.165) is 5.56 Å². The number of primary amides is 1. The molecule has 2 N–H and O–H groups in total. The Bertz CT molecular complexity index is 487. The number of nitrogens with two attached hydrogens (primary N) is 1. The molecule has 1 amide bonds. The normalized spacial score (nSPS) is 18.2. The number of hydrogen-bond donors (Lipinski definition) is 1. The number of rotatable bonds is 1. The number of fused-ring (bicyclic) bond motifs is 1. The number of nitrogens with zero attached hydrogens (tertiary/aromatic N) is 2. The zero-order chi connectivity index (χ0) is 10.3. The monoisotopic (exact) mass is 191 g/mol. The van der Waals surface area contributed by atoms with E-state index in [1.807, 2.05) is 0 Å². The summed E-state index contributed by atoms with van der Waals surface area (Å²) in [4.78, 5) is 26.5. The van der Waals surface area contributed by atoms with E-state index in [-0.39, 0.29) is 5.56 Å². The van der Waals surface area contributed by atoms with Gasteiger partial charge in [0.05, 0.1) is 0 Å². The molecule has 5 nitrogen and oxygen atoms in total. The van der Waals surface area contributed by atoms with E-state index in [9.17, 15) is 9.59 Å². The second-order valence-electron chi connectivity index (χ2n) is 3.22. The standard InChI is InChI=1S/C9H9N3O2/c1-5-2-7-11-4-6(9(10)14)12(7)8(13)3-5/h2-4,6H,1H3,(H2,10,14). The molecule has 1 aromatic rings. The first-order chi connectivity index (χ1) is 6.59. The summed E-state index contributed by atoms with van der Waals surface area (Å²) in [5, 5.41) is 0. The molecule has 0 bridgehead atoms. The summed E-state index contributed by atoms with van der Waals surface area (Å²) < 4.78 is 1.29. The van der Waals surface area contributed by atoms with Crippen LogP contribution in [0.15, 0.2) is 21.9 Å². The van der Waals surface area contributed by atoms with Crippen LogP contribution in [0, 0.1) is 6.92 Å². The van der Waals surface area contributed by atoms with Gasteiger partial charge in [0, 0.05) is 12.3 Å². The number of aromatic nitrogens is 1. The number of carbonyl (C=O) groups excluding carboxylic acids is 1. The summed E-state index contributed by atoms with van der Waals surface area (Å²) in [5.74, 6) is -0.0859. The zero-order valence-corrected chi connectivity index (χ0v) is 7.60. The second kappa shape index (κ2) is 2.80. The van der Waals surface area contributed by atoms with Crippen molar-refractivity contribution in [1.29, 1.82) is 0 Å². The van der Waals surface area contributed by atoms with E-state index in [2.05, 4.69) is 4.99 Å². The van der Waals surface area contributed by atoms with E-state index < -0.39 is 11.9 Å². The predicted octanol–water partition coefficient (Wildman–Crippen LogP) is -0.101. The molecule has 5 heteroatoms. The van der Waals surface area contributed by atoms with Crippen LogP contribution in [-0.2, 0) is 4.79 Å². The highest BCUT2D eigenvalue weighted by Gasteiger charge is 2.23. The lowest BCUT2D eigenvalue weighted by Crippen LogP contribution is -2.32. The highest BCUT2D eigenvalue weighted by atomic mass is 16.2. The summed E-state index contributed by atoms with van der Waals surface area (Å²) in [6.07, 6.45) is 1.39. The summed E-state index contributed by atoms with van der Waals surface area (Å²) in [5.41, 5.74) is 5.70. The molecule has 2 rings (SSSR count). The van der Waals surface area contributed by atoms with Crippen LogP contribution in [0.3, 0.4) is 0 Å². The van der Waals surface area contributed by atoms with Crippen LogP contribution in [0.4, 0.5) is 5.82 Å². The molecule has 0 aliphatic carbocycles. The van der Waals surface area contributed by atoms with Gasteiger partial charge in [0.2, 0.25) is 5.91 Å². The third-order valence-corrected chi connectivity index (χ3v) is 2.11. The first kappa shape index (κ1) is 8.68. The van der Waals surface area contributed by atoms with Crippen LogP contribution in [0.25, 0.3) is 0 Å². The largest absolute Gasteiger partial charge is 0.368 e. The molecule has 1 aliphatic heterocycles. The minimum absolute atomic E-state index is 0.249. The number of aryl methyl sites for hydroxylation is 1. The number of amides is 1. The van der Waals surface area contributed by atoms with Gasteiger partial charge in [0.15, 0.2) is 6.04 Å². The molecule has 0 aromatic carbocycles. The third kappa shape index (κ3) is 1.14. The van der Waals surface area contributed by atoms with Crippen LogP contribution in [0.2, 0.25) is 0 Å². The van der Waals surface area contributed by atoms with Gasteiger partial charge in [0.25, 0.3) is 5.56 Å². The van der Waals surface area contributed by atoms with E-state index in [1.54, 1.807) is 13.0 Å². The van der Waals surface area contributed by atoms with Crippen LogP contribution in [-0.4, -0.2) is 16.7 Å². The van der Waals surface area contributed by atoms with Crippen molar-refractivity contribution >= 4 is 17.9 Å². The SMILES string of the molecule is Cc1cc2n(c(=O)c1)C(C(N)=O)C=N2. The fraction of sp³-hybridized carbons (Fsp3) is 0.222. The Morgan fingerprint density at radius 3 is 2.93 bits per heavy atom. The van der Waals surface area contributed by atoms with Gasteiger partial charge in [-0.2, -0.15) is 0 Å². The van der Waals surface area contributed by atoms with Gasteiger partial charge in [-0.1, -0.05) is 0 Å². The molecule has 1 atom stereocenters. The minimum atomic E-state index is -0.738. The Morgan fingerprint density at radius 2 is 2.29 bits per heavy atom. The van der Waals surface area contributed by atoms with Crippen molar-refractivity contribution in [2.24, 2.45) is 10.7 Å². The van der Waals surface area contributed by atoms with Gasteiger partial charge >= 0.3 is 0 Å². The van der Waals surface area contributed by atoms with Gasteiger partial charge in [-0.25, -0.2) is 4.99 Å². The van der Waals surface area contributed by atoms with E-state index in [0.29, 0.717) is 5.82 Å². The second-order valence-corrected chi connectivity index (χ2v) is 3.22. The minimum Gasteiger partial charge on any atom is -0.368 e. The molecule has 1 aromatic heterocycles. The van der Waals surface area contributed by atoms with Crippen molar-refractivity contribution in [3.05, 3.63) is 28.0 Å². The summed E-state index contributed by atoms with van der Waals surface area (Å²) in [7, 11) is 0. The van der Waals surface area contributed by atoms with Gasteiger partial charge < -0.3 is 5.73 Å². The molecule has 14 heavy (non-hydrogen) atoms. The molecule has 1 aliphatic rings. The summed E-state index contributed by atoms with van der Waals surface area (Å²) >= 11 is 0. The molecule has 0 radical (unpaired) electrons. The van der Waals surface area contributed by atoms with Crippen molar-refractivity contribution in [3.63, 3.8) is 0 Å². The van der Waals surface area contributed by atoms with E-state index in [4.69, 9.17) is 5.73 Å². The fourth-order valence-electron chi connectivity index (χ4n) is 1.49. The molecule has 72 valence electrons. The van der Waals surface area contributed by atoms with E-state index in [1.165, 1.54) is 16.8 Å². The average Bonchev–Trinajstić information content (AvgIpc) is 2.47. The lowest BCUT2D eigenvalue weighted by molar-refractivity contribution is -0.119. The van der Waals surface area contributed by atoms with Crippen molar-refractivity contribution in [2.45, 2.75) is 13.0 Å². The van der Waals surface area contributed by atoms with Crippen LogP contribution in [0.1, 0.15) is 11.6 Å². The first-order valence-electron chi connectivity index (χ1n) is 4.16. The smallest absolute Gasteiger partial charge is 0.253 e. The maximum Gasteiger partial charge on any atom is 0.253 e. The topological polar surface area (TPSA) is 77.5 Å². The number of pyridine rings is 1. The maximum absolute atomic E-state index is 11.5. The molecule has 0 spiro atoms. The Kier molecular flexibility index (Phi) is 1.73. The summed E-state index contributed by atoms with van der Waals surface area (Å²) in [6, 6.07) is 2.45. The molecule has 1 unspecified atom stereocenters. The highest BCUT2D eigenvalue weighted by molar-refractivity contribution is 5.97. The number of carbonyl (C=O) groups is 1. The summed E-state index contributed by atoms with van der Waals surface area (Å²) in [6.45, 7) is 1.80. The lowest BCUT2D eigenvalue weighted by Gasteiger charge is -2.08. The number of hydrogen-bond acceptors (Lipinski definition) is 3. The van der Waals surface area contributed by atoms with Gasteiger partial charge in [-0.3, -0.25) is 14.2 Å². The molecular formula is C9H9N3O2. The van der Waals surface area contributed by atoms with Crippen LogP contribution < -0.4 is 11.3 Å². The van der Waals surface area contributed by atoms with Crippen LogP contribution >= 0.6 is 0 Å². The maximum atomic E-state index is 11.5. The molecule has 0 saturated heterocycles. The van der Waals surface area contributed by atoms with Gasteiger partial charge in [-0.05, 0) is 18.6 Å². The Morgan fingerprint density at radius 1 is 1.57 bits per heavy atom. The van der Waals surface area contributed by atoms with Crippen molar-refractivity contribution in [2.75, 3.05) is 0 Å². The Balaban J connectivity index is 2.66. The Hall–Kier alpha value is -1.91. The van der Waals surface area contributed by atoms with Gasteiger partial charge in [0.1, 0.15) is 5.82 Å². The quantitative estimate of drug-likeness (QED) is 0.672. The molecular weight excluding hydrogens is 182 g/mol. The van der Waals surface area contributed by atoms with Crippen LogP contribution in [0.5, 0.6) is 0 Å². The van der Waals surface area contributed by atoms with Crippen molar-refractivity contribution in [1.82, 2.24) is 4.57 Å². The molecule has 0 saturated carbocycles. The first-order valence-corrected chi connectivity index (χ1v) is 4.16. The van der Waals surface area contributed by atoms with Crippen molar-refractivity contribution in [3.8, 4) is 0 Å². The molecule has 2 heterocycles. The van der Waals surface area contributed by atoms with Gasteiger partial charge in [-0.15, -0.1) is 0 Å². The third-order valence-electron chi connectivity index (χ3n) is 2.11. The predicted molar refractivity (Wildman–Crippen MR) is 51.8 cm³/mol. The fourth-order valence-corrected chi connectivity index (χ4v) is 1.49. The van der Waals surface area contributed by atoms with E-state index >= 15 is 0 Å². The Labute approximate surface area is 79.9 Å². The highest BCUT2D eigenvalue weighted by Crippen LogP contribution is 2.21. The zero-order valence-electron chi connectivity index (χ0n) is 7.60. The van der Waals surface area contributed by atoms with Crippen molar-refractivity contribution < 1.29 is 4.79 Å². The average molecular weight is 191 g/mol. The number of aliphatic imine (C=N–C) groups is 1.